The minimum absolute atomic E-state index is 0.199. The lowest BCUT2D eigenvalue weighted by Gasteiger charge is -2.50. The lowest BCUT2D eigenvalue weighted by molar-refractivity contribution is 0.0969. The Bertz CT molecular complexity index is 987. The molecule has 1 aromatic carbocycles. The number of carbonyl (C=O) groups is 3. The first-order valence-electron chi connectivity index (χ1n) is 14.4. The van der Waals surface area contributed by atoms with Crippen LogP contribution in [0.25, 0.3) is 0 Å². The minimum atomic E-state index is -0.727. The fourth-order valence-corrected chi connectivity index (χ4v) is 5.71. The van der Waals surface area contributed by atoms with E-state index >= 15 is 0 Å². The molecule has 222 valence electrons. The van der Waals surface area contributed by atoms with E-state index in [1.807, 2.05) is 41.5 Å². The Balaban J connectivity index is 5.12. The SMILES string of the molecule is CCC(C)(C)C(C)(C)c1c(C(N)=O)c(C(C)(C)C(C)(C)CC)c(C(N)=O)c(C(C)(C)C(C)(C)CC)c1C(N)=O. The zero-order valence-electron chi connectivity index (χ0n) is 27.6. The maximum absolute atomic E-state index is 13.6. The van der Waals surface area contributed by atoms with Crippen molar-refractivity contribution >= 4 is 17.7 Å². The standard InChI is InChI=1S/C33H57N3O3/c1-16-28(4,5)31(10,11)22-19(25(34)37)23(32(12,13)29(6,7)17-2)21(27(36)39)24(20(22)26(35)38)33(14,15)30(8,9)18-3/h16-18H2,1-15H3,(H2,34,37)(H2,35,38)(H2,36,39). The quantitative estimate of drug-likeness (QED) is 0.259. The molecule has 6 heteroatoms. The molecule has 0 atom stereocenters. The lowest BCUT2D eigenvalue weighted by Crippen LogP contribution is -2.48. The van der Waals surface area contributed by atoms with Crippen LogP contribution in [0.5, 0.6) is 0 Å². The molecule has 1 rings (SSSR count). The van der Waals surface area contributed by atoms with Crippen LogP contribution >= 0.6 is 0 Å². The highest BCUT2D eigenvalue weighted by molar-refractivity contribution is 6.10. The Morgan fingerprint density at radius 3 is 0.692 bits per heavy atom. The third-order valence-electron chi connectivity index (χ3n) is 11.8. The van der Waals surface area contributed by atoms with E-state index < -0.39 is 34.0 Å². The summed E-state index contributed by atoms with van der Waals surface area (Å²) in [5.41, 5.74) is 17.6. The molecule has 0 unspecified atom stereocenters. The van der Waals surface area contributed by atoms with E-state index in [1.165, 1.54) is 0 Å². The number of primary amides is 3. The Morgan fingerprint density at radius 1 is 0.436 bits per heavy atom. The third kappa shape index (κ3) is 5.25. The summed E-state index contributed by atoms with van der Waals surface area (Å²) in [6, 6.07) is 0. The third-order valence-corrected chi connectivity index (χ3v) is 11.8. The number of nitrogens with two attached hydrogens (primary N) is 3. The van der Waals surface area contributed by atoms with Crippen molar-refractivity contribution in [3.63, 3.8) is 0 Å². The molecule has 0 heterocycles. The molecular formula is C33H57N3O3. The van der Waals surface area contributed by atoms with Crippen LogP contribution in [0, 0.1) is 16.2 Å². The summed E-state index contributed by atoms with van der Waals surface area (Å²) in [6.07, 6.45) is 2.31. The van der Waals surface area contributed by atoms with Crippen molar-refractivity contribution in [1.82, 2.24) is 0 Å². The Kier molecular flexibility index (Phi) is 9.38. The Hall–Kier alpha value is -2.37. The summed E-state index contributed by atoms with van der Waals surface area (Å²) in [5.74, 6) is -2.07. The molecule has 0 spiro atoms. The van der Waals surface area contributed by atoms with Crippen LogP contribution in [0.1, 0.15) is 171 Å². The number of hydrogen-bond donors (Lipinski definition) is 3. The maximum Gasteiger partial charge on any atom is 0.249 e. The van der Waals surface area contributed by atoms with Gasteiger partial charge >= 0.3 is 0 Å². The van der Waals surface area contributed by atoms with Gasteiger partial charge in [0, 0.05) is 16.7 Å². The van der Waals surface area contributed by atoms with Crippen molar-refractivity contribution < 1.29 is 14.4 Å². The van der Waals surface area contributed by atoms with E-state index in [2.05, 4.69) is 62.3 Å². The summed E-state index contributed by atoms with van der Waals surface area (Å²) >= 11 is 0. The summed E-state index contributed by atoms with van der Waals surface area (Å²) in [4.78, 5) is 40.9. The smallest absolute Gasteiger partial charge is 0.249 e. The van der Waals surface area contributed by atoms with Gasteiger partial charge in [0.1, 0.15) is 0 Å². The van der Waals surface area contributed by atoms with Crippen molar-refractivity contribution in [3.05, 3.63) is 33.4 Å². The molecule has 1 aromatic rings. The van der Waals surface area contributed by atoms with Crippen LogP contribution in [-0.4, -0.2) is 17.7 Å². The molecule has 0 aliphatic carbocycles. The van der Waals surface area contributed by atoms with E-state index in [1.54, 1.807) is 0 Å². The lowest BCUT2D eigenvalue weighted by atomic mass is 9.53. The molecule has 0 aromatic heterocycles. The number of rotatable bonds is 12. The highest BCUT2D eigenvalue weighted by atomic mass is 16.2. The van der Waals surface area contributed by atoms with Gasteiger partial charge in [0.15, 0.2) is 0 Å². The molecular weight excluding hydrogens is 486 g/mol. The first-order valence-corrected chi connectivity index (χ1v) is 14.4. The van der Waals surface area contributed by atoms with Gasteiger partial charge in [-0.3, -0.25) is 14.4 Å². The van der Waals surface area contributed by atoms with E-state index in [0.29, 0.717) is 16.7 Å². The second-order valence-corrected chi connectivity index (χ2v) is 14.9. The summed E-state index contributed by atoms with van der Waals surface area (Å²) < 4.78 is 0. The average molecular weight is 544 g/mol. The van der Waals surface area contributed by atoms with Crippen LogP contribution in [-0.2, 0) is 16.2 Å². The molecule has 6 N–H and O–H groups in total. The predicted octanol–water partition coefficient (Wildman–Crippen LogP) is 7.12. The van der Waals surface area contributed by atoms with Gasteiger partial charge < -0.3 is 17.2 Å². The molecule has 39 heavy (non-hydrogen) atoms. The second kappa shape index (κ2) is 10.6. The molecule has 0 saturated heterocycles. The van der Waals surface area contributed by atoms with E-state index in [0.717, 1.165) is 19.3 Å². The van der Waals surface area contributed by atoms with Crippen LogP contribution in [0.2, 0.25) is 0 Å². The van der Waals surface area contributed by atoms with Crippen molar-refractivity contribution in [3.8, 4) is 0 Å². The van der Waals surface area contributed by atoms with Gasteiger partial charge in [0.05, 0.1) is 0 Å². The van der Waals surface area contributed by atoms with Crippen LogP contribution in [0.3, 0.4) is 0 Å². The second-order valence-electron chi connectivity index (χ2n) is 14.9. The molecule has 0 aliphatic rings. The molecule has 0 fully saturated rings. The van der Waals surface area contributed by atoms with Crippen molar-refractivity contribution in [2.24, 2.45) is 33.4 Å². The summed E-state index contributed by atoms with van der Waals surface area (Å²) in [7, 11) is 0. The van der Waals surface area contributed by atoms with Gasteiger partial charge in [0.25, 0.3) is 0 Å². The van der Waals surface area contributed by atoms with Gasteiger partial charge in [0.2, 0.25) is 17.7 Å². The number of benzene rings is 1. The van der Waals surface area contributed by atoms with Crippen LogP contribution in [0.4, 0.5) is 0 Å². The monoisotopic (exact) mass is 543 g/mol. The maximum atomic E-state index is 13.6. The van der Waals surface area contributed by atoms with Crippen molar-refractivity contribution in [1.29, 1.82) is 0 Å². The largest absolute Gasteiger partial charge is 0.366 e. The molecule has 3 amide bonds. The van der Waals surface area contributed by atoms with Crippen LogP contribution < -0.4 is 17.2 Å². The topological polar surface area (TPSA) is 129 Å². The van der Waals surface area contributed by atoms with Crippen molar-refractivity contribution in [2.45, 2.75) is 139 Å². The number of amides is 3. The first kappa shape index (κ1) is 34.7. The molecule has 0 radical (unpaired) electrons. The summed E-state index contributed by atoms with van der Waals surface area (Å²) in [5, 5.41) is 0. The normalized spacial score (nSPS) is 13.9. The van der Waals surface area contributed by atoms with E-state index in [4.69, 9.17) is 17.2 Å². The van der Waals surface area contributed by atoms with Gasteiger partial charge in [-0.2, -0.15) is 0 Å². The van der Waals surface area contributed by atoms with Gasteiger partial charge in [-0.25, -0.2) is 0 Å². The van der Waals surface area contributed by atoms with Gasteiger partial charge in [-0.15, -0.1) is 0 Å². The minimum Gasteiger partial charge on any atom is -0.366 e. The van der Waals surface area contributed by atoms with Crippen molar-refractivity contribution in [2.75, 3.05) is 0 Å². The van der Waals surface area contributed by atoms with Gasteiger partial charge in [-0.05, 0) is 49.2 Å². The average Bonchev–Trinajstić information content (AvgIpc) is 2.80. The first-order chi connectivity index (χ1) is 17.3. The van der Waals surface area contributed by atoms with E-state index in [9.17, 15) is 14.4 Å². The zero-order valence-corrected chi connectivity index (χ0v) is 27.6. The van der Waals surface area contributed by atoms with Gasteiger partial charge in [-0.1, -0.05) is 123 Å². The highest BCUT2D eigenvalue weighted by Crippen LogP contribution is 2.56. The Labute approximate surface area is 238 Å². The predicted molar refractivity (Wildman–Crippen MR) is 163 cm³/mol. The molecule has 0 aliphatic heterocycles. The highest BCUT2D eigenvalue weighted by Gasteiger charge is 2.52. The fraction of sp³-hybridized carbons (Fsp3) is 0.727. The fourth-order valence-electron chi connectivity index (χ4n) is 5.71. The number of hydrogen-bond acceptors (Lipinski definition) is 3. The molecule has 0 bridgehead atoms. The number of carbonyl (C=O) groups excluding carboxylic acids is 3. The molecule has 6 nitrogen and oxygen atoms in total. The Morgan fingerprint density at radius 2 is 0.590 bits per heavy atom. The van der Waals surface area contributed by atoms with E-state index in [-0.39, 0.29) is 32.9 Å². The molecule has 0 saturated carbocycles. The zero-order chi connectivity index (χ0) is 31.3. The van der Waals surface area contributed by atoms with Crippen LogP contribution in [0.15, 0.2) is 0 Å². The summed E-state index contributed by atoms with van der Waals surface area (Å²) in [6.45, 7) is 31.2.